The summed E-state index contributed by atoms with van der Waals surface area (Å²) in [5, 5.41) is 0. The second-order valence-electron chi connectivity index (χ2n) is 6.57. The van der Waals surface area contributed by atoms with Crippen LogP contribution >= 0.6 is 0 Å². The summed E-state index contributed by atoms with van der Waals surface area (Å²) in [5.41, 5.74) is 0. The maximum atomic E-state index is 11.4. The van der Waals surface area contributed by atoms with E-state index in [1.807, 2.05) is 0 Å². The van der Waals surface area contributed by atoms with Gasteiger partial charge in [-0.25, -0.2) is 4.79 Å². The Labute approximate surface area is 154 Å². The van der Waals surface area contributed by atoms with Crippen molar-refractivity contribution in [3.8, 4) is 0 Å². The van der Waals surface area contributed by atoms with Gasteiger partial charge in [0.1, 0.15) is 0 Å². The highest BCUT2D eigenvalue weighted by Gasteiger charge is 2.06. The molecule has 0 rings (SSSR count). The van der Waals surface area contributed by atoms with Gasteiger partial charge in [-0.3, -0.25) is 4.79 Å². The summed E-state index contributed by atoms with van der Waals surface area (Å²) in [6, 6.07) is 0. The van der Waals surface area contributed by atoms with E-state index in [0.29, 0.717) is 6.42 Å². The van der Waals surface area contributed by atoms with E-state index in [-0.39, 0.29) is 12.6 Å². The molecule has 4 heteroatoms. The molecule has 0 unspecified atom stereocenters. The van der Waals surface area contributed by atoms with E-state index < -0.39 is 5.97 Å². The molecule has 4 nitrogen and oxygen atoms in total. The van der Waals surface area contributed by atoms with Gasteiger partial charge in [-0.05, 0) is 32.1 Å². The maximum absolute atomic E-state index is 11.4. The van der Waals surface area contributed by atoms with Gasteiger partial charge in [-0.15, -0.1) is 0 Å². The zero-order valence-electron chi connectivity index (χ0n) is 16.4. The van der Waals surface area contributed by atoms with Crippen molar-refractivity contribution in [2.75, 3.05) is 13.7 Å². The number of hydrogen-bond acceptors (Lipinski definition) is 4. The van der Waals surface area contributed by atoms with E-state index in [1.165, 1.54) is 64.9 Å². The third kappa shape index (κ3) is 18.9. The number of esters is 2. The molecule has 0 N–H and O–H groups in total. The monoisotopic (exact) mass is 354 g/mol. The lowest BCUT2D eigenvalue weighted by molar-refractivity contribution is -0.157. The van der Waals surface area contributed by atoms with E-state index in [1.54, 1.807) is 0 Å². The molecule has 146 valence electrons. The Kier molecular flexibility index (Phi) is 18.0. The first-order valence-corrected chi connectivity index (χ1v) is 10.1. The Morgan fingerprint density at radius 3 is 1.80 bits per heavy atom. The van der Waals surface area contributed by atoms with Crippen LogP contribution in [0.5, 0.6) is 0 Å². The molecule has 0 amide bonds. The predicted molar refractivity (Wildman–Crippen MR) is 102 cm³/mol. The Hall–Kier alpha value is -1.32. The molecule has 25 heavy (non-hydrogen) atoms. The highest BCUT2D eigenvalue weighted by atomic mass is 16.6. The van der Waals surface area contributed by atoms with Gasteiger partial charge < -0.3 is 9.47 Å². The van der Waals surface area contributed by atoms with E-state index in [4.69, 9.17) is 4.74 Å². The van der Waals surface area contributed by atoms with E-state index in [0.717, 1.165) is 25.7 Å². The molecular formula is C21H38O4. The fourth-order valence-electron chi connectivity index (χ4n) is 2.61. The van der Waals surface area contributed by atoms with Crippen molar-refractivity contribution in [3.63, 3.8) is 0 Å². The van der Waals surface area contributed by atoms with Crippen molar-refractivity contribution in [2.45, 2.75) is 96.8 Å². The first-order valence-electron chi connectivity index (χ1n) is 10.1. The summed E-state index contributed by atoms with van der Waals surface area (Å²) in [7, 11) is 1.28. The van der Waals surface area contributed by atoms with Crippen LogP contribution in [0.2, 0.25) is 0 Å². The first kappa shape index (κ1) is 23.7. The lowest BCUT2D eigenvalue weighted by Gasteiger charge is -2.03. The highest BCUT2D eigenvalue weighted by molar-refractivity contribution is 5.76. The number of methoxy groups -OCH3 is 1. The number of allylic oxidation sites excluding steroid dienone is 2. The van der Waals surface area contributed by atoms with Crippen LogP contribution in [0.4, 0.5) is 0 Å². The second kappa shape index (κ2) is 19.0. The van der Waals surface area contributed by atoms with Crippen LogP contribution in [0.3, 0.4) is 0 Å². The largest absolute Gasteiger partial charge is 0.466 e. The molecular weight excluding hydrogens is 316 g/mol. The summed E-state index contributed by atoms with van der Waals surface area (Å²) < 4.78 is 9.20. The molecule has 0 aromatic rings. The Morgan fingerprint density at radius 1 is 0.720 bits per heavy atom. The van der Waals surface area contributed by atoms with Crippen LogP contribution < -0.4 is 0 Å². The summed E-state index contributed by atoms with van der Waals surface area (Å²) in [4.78, 5) is 22.2. The van der Waals surface area contributed by atoms with Crippen LogP contribution in [0, 0.1) is 0 Å². The van der Waals surface area contributed by atoms with Crippen molar-refractivity contribution in [3.05, 3.63) is 12.2 Å². The van der Waals surface area contributed by atoms with Crippen LogP contribution in [-0.2, 0) is 19.1 Å². The van der Waals surface area contributed by atoms with E-state index >= 15 is 0 Å². The normalized spacial score (nSPS) is 11.0. The number of carbonyl (C=O) groups is 2. The van der Waals surface area contributed by atoms with Gasteiger partial charge in [-0.1, -0.05) is 70.4 Å². The quantitative estimate of drug-likeness (QED) is 0.190. The molecule has 0 aliphatic carbocycles. The topological polar surface area (TPSA) is 52.6 Å². The molecule has 0 fully saturated rings. The maximum Gasteiger partial charge on any atom is 0.344 e. The van der Waals surface area contributed by atoms with Crippen molar-refractivity contribution >= 4 is 11.9 Å². The Bertz CT molecular complexity index is 350. The first-order chi connectivity index (χ1) is 12.2. The molecule has 0 radical (unpaired) electrons. The van der Waals surface area contributed by atoms with Gasteiger partial charge in [0.15, 0.2) is 6.61 Å². The minimum absolute atomic E-state index is 0.277. The zero-order valence-corrected chi connectivity index (χ0v) is 16.4. The SMILES string of the molecule is CCCCCCCCC=CCCCCCCCC(=O)OCC(=O)OC. The third-order valence-electron chi connectivity index (χ3n) is 4.22. The standard InChI is InChI=1S/C21H38O4/c1-3-4-5-6-7-8-9-10-11-12-13-14-15-16-17-18-20(22)25-19-21(23)24-2/h10-11H,3-9,12-19H2,1-2H3. The lowest BCUT2D eigenvalue weighted by atomic mass is 10.1. The summed E-state index contributed by atoms with van der Waals surface area (Å²) >= 11 is 0. The molecule has 0 saturated carbocycles. The van der Waals surface area contributed by atoms with Crippen molar-refractivity contribution in [2.24, 2.45) is 0 Å². The van der Waals surface area contributed by atoms with Gasteiger partial charge in [0, 0.05) is 6.42 Å². The Balaban J connectivity index is 3.24. The number of ether oxygens (including phenoxy) is 2. The van der Waals surface area contributed by atoms with Gasteiger partial charge in [0.2, 0.25) is 0 Å². The number of carbonyl (C=O) groups excluding carboxylic acids is 2. The Morgan fingerprint density at radius 2 is 1.24 bits per heavy atom. The molecule has 0 aliphatic heterocycles. The van der Waals surface area contributed by atoms with Crippen molar-refractivity contribution in [1.82, 2.24) is 0 Å². The molecule has 0 saturated heterocycles. The lowest BCUT2D eigenvalue weighted by Crippen LogP contribution is -2.14. The smallest absolute Gasteiger partial charge is 0.344 e. The molecule has 0 heterocycles. The van der Waals surface area contributed by atoms with Gasteiger partial charge in [0.25, 0.3) is 0 Å². The average molecular weight is 355 g/mol. The average Bonchev–Trinajstić information content (AvgIpc) is 2.62. The molecule has 0 aromatic carbocycles. The zero-order chi connectivity index (χ0) is 18.6. The molecule has 0 bridgehead atoms. The minimum Gasteiger partial charge on any atom is -0.466 e. The summed E-state index contributed by atoms with van der Waals surface area (Å²) in [6.45, 7) is 1.98. The fraction of sp³-hybridized carbons (Fsp3) is 0.810. The molecule has 0 spiro atoms. The van der Waals surface area contributed by atoms with Crippen LogP contribution in [0.25, 0.3) is 0 Å². The number of hydrogen-bond donors (Lipinski definition) is 0. The summed E-state index contributed by atoms with van der Waals surface area (Å²) in [6.07, 6.45) is 21.0. The van der Waals surface area contributed by atoms with E-state index in [9.17, 15) is 9.59 Å². The number of rotatable bonds is 17. The van der Waals surface area contributed by atoms with Crippen LogP contribution in [0.1, 0.15) is 96.8 Å². The second-order valence-corrected chi connectivity index (χ2v) is 6.57. The molecule has 0 atom stereocenters. The minimum atomic E-state index is -0.516. The predicted octanol–water partition coefficient (Wildman–Crippen LogP) is 5.74. The highest BCUT2D eigenvalue weighted by Crippen LogP contribution is 2.10. The van der Waals surface area contributed by atoms with Crippen molar-refractivity contribution < 1.29 is 19.1 Å². The van der Waals surface area contributed by atoms with Crippen LogP contribution in [0.15, 0.2) is 12.2 Å². The van der Waals surface area contributed by atoms with Gasteiger partial charge in [0.05, 0.1) is 7.11 Å². The molecule has 0 aromatic heterocycles. The third-order valence-corrected chi connectivity index (χ3v) is 4.22. The van der Waals surface area contributed by atoms with Gasteiger partial charge >= 0.3 is 11.9 Å². The number of unbranched alkanes of at least 4 members (excludes halogenated alkanes) is 11. The van der Waals surface area contributed by atoms with E-state index in [2.05, 4.69) is 23.8 Å². The van der Waals surface area contributed by atoms with Crippen molar-refractivity contribution in [1.29, 1.82) is 0 Å². The fourth-order valence-corrected chi connectivity index (χ4v) is 2.61. The summed E-state index contributed by atoms with van der Waals surface area (Å²) in [5.74, 6) is -0.832. The van der Waals surface area contributed by atoms with Crippen LogP contribution in [-0.4, -0.2) is 25.7 Å². The van der Waals surface area contributed by atoms with Gasteiger partial charge in [-0.2, -0.15) is 0 Å². The molecule has 0 aliphatic rings.